The van der Waals surface area contributed by atoms with Crippen LogP contribution in [0.3, 0.4) is 0 Å². The Morgan fingerprint density at radius 3 is 2.50 bits per heavy atom. The highest BCUT2D eigenvalue weighted by Crippen LogP contribution is 2.30. The molecule has 0 aliphatic carbocycles. The molecule has 1 rings (SSSR count). The van der Waals surface area contributed by atoms with Crippen LogP contribution in [0, 0.1) is 5.92 Å². The van der Waals surface area contributed by atoms with Gasteiger partial charge in [-0.3, -0.25) is 0 Å². The normalized spacial score (nSPS) is 12.9. The number of rotatable bonds is 5. The van der Waals surface area contributed by atoms with Crippen LogP contribution in [0.1, 0.15) is 13.8 Å². The molecular formula is C10H14O3P-. The highest BCUT2D eigenvalue weighted by Gasteiger charge is 1.99. The van der Waals surface area contributed by atoms with Crippen molar-refractivity contribution in [3.63, 3.8) is 0 Å². The van der Waals surface area contributed by atoms with Crippen LogP contribution in [-0.2, 0) is 4.52 Å². The molecule has 0 bridgehead atoms. The van der Waals surface area contributed by atoms with Crippen LogP contribution in [0.2, 0.25) is 0 Å². The zero-order chi connectivity index (χ0) is 10.4. The summed E-state index contributed by atoms with van der Waals surface area (Å²) in [6.45, 7) is 4.43. The summed E-state index contributed by atoms with van der Waals surface area (Å²) in [4.78, 5) is 11.2. The minimum atomic E-state index is -2.04. The van der Waals surface area contributed by atoms with Crippen molar-refractivity contribution < 1.29 is 13.9 Å². The number of hydrogen-bond donors (Lipinski definition) is 0. The fraction of sp³-hybridized carbons (Fsp3) is 0.400. The van der Waals surface area contributed by atoms with Crippen molar-refractivity contribution in [3.05, 3.63) is 30.3 Å². The number of hydrogen-bond acceptors (Lipinski definition) is 3. The van der Waals surface area contributed by atoms with Crippen molar-refractivity contribution in [1.29, 1.82) is 0 Å². The van der Waals surface area contributed by atoms with E-state index in [1.54, 1.807) is 12.1 Å². The Labute approximate surface area is 85.7 Å². The molecule has 0 amide bonds. The van der Waals surface area contributed by atoms with Gasteiger partial charge in [0.15, 0.2) is 0 Å². The second-order valence-corrected chi connectivity index (χ2v) is 4.21. The predicted molar refractivity (Wildman–Crippen MR) is 54.8 cm³/mol. The van der Waals surface area contributed by atoms with Crippen LogP contribution < -0.4 is 9.42 Å². The van der Waals surface area contributed by atoms with Crippen LogP contribution in [0.25, 0.3) is 0 Å². The van der Waals surface area contributed by atoms with Crippen molar-refractivity contribution in [3.8, 4) is 5.75 Å². The molecule has 14 heavy (non-hydrogen) atoms. The Hall–Kier alpha value is -0.630. The van der Waals surface area contributed by atoms with Crippen LogP contribution in [0.5, 0.6) is 5.75 Å². The highest BCUT2D eigenvalue weighted by atomic mass is 31.2. The Bertz CT molecular complexity index is 251. The third-order valence-corrected chi connectivity index (χ3v) is 2.16. The summed E-state index contributed by atoms with van der Waals surface area (Å²) in [7, 11) is -2.04. The topological polar surface area (TPSA) is 41.5 Å². The van der Waals surface area contributed by atoms with E-state index in [2.05, 4.69) is 0 Å². The summed E-state index contributed by atoms with van der Waals surface area (Å²) in [5.41, 5.74) is 0. The third kappa shape index (κ3) is 4.56. The molecule has 0 aliphatic heterocycles. The Morgan fingerprint density at radius 1 is 1.29 bits per heavy atom. The maximum atomic E-state index is 11.2. The summed E-state index contributed by atoms with van der Waals surface area (Å²) < 4.78 is 10.0. The first-order valence-corrected chi connectivity index (χ1v) is 5.61. The van der Waals surface area contributed by atoms with Gasteiger partial charge in [0.25, 0.3) is 0 Å². The lowest BCUT2D eigenvalue weighted by atomic mass is 10.2. The number of benzene rings is 1. The first-order chi connectivity index (χ1) is 6.68. The summed E-state index contributed by atoms with van der Waals surface area (Å²) in [5, 5.41) is 0. The third-order valence-electron chi connectivity index (χ3n) is 1.44. The van der Waals surface area contributed by atoms with Crippen molar-refractivity contribution >= 4 is 8.60 Å². The van der Waals surface area contributed by atoms with Gasteiger partial charge in [-0.2, -0.15) is 0 Å². The van der Waals surface area contributed by atoms with Gasteiger partial charge in [-0.05, 0) is 18.1 Å². The molecule has 0 radical (unpaired) electrons. The molecule has 0 saturated carbocycles. The maximum Gasteiger partial charge on any atom is 0.147 e. The van der Waals surface area contributed by atoms with E-state index in [1.807, 2.05) is 32.0 Å². The molecule has 0 aromatic heterocycles. The Morgan fingerprint density at radius 2 is 1.93 bits per heavy atom. The van der Waals surface area contributed by atoms with E-state index in [4.69, 9.17) is 9.05 Å². The maximum absolute atomic E-state index is 11.2. The van der Waals surface area contributed by atoms with Gasteiger partial charge in [0.2, 0.25) is 0 Å². The van der Waals surface area contributed by atoms with E-state index in [0.29, 0.717) is 18.3 Å². The molecule has 0 heterocycles. The van der Waals surface area contributed by atoms with Gasteiger partial charge in [0, 0.05) is 0 Å². The van der Waals surface area contributed by atoms with E-state index in [-0.39, 0.29) is 0 Å². The molecule has 0 N–H and O–H groups in total. The molecule has 3 nitrogen and oxygen atoms in total. The molecule has 1 aromatic rings. The van der Waals surface area contributed by atoms with Gasteiger partial charge in [0.05, 0.1) is 6.61 Å². The average molecular weight is 213 g/mol. The monoisotopic (exact) mass is 213 g/mol. The quantitative estimate of drug-likeness (QED) is 0.705. The van der Waals surface area contributed by atoms with Crippen LogP contribution >= 0.6 is 8.60 Å². The molecule has 78 valence electrons. The Kier molecular flexibility index (Phi) is 4.88. The molecule has 0 aliphatic rings. The lowest BCUT2D eigenvalue weighted by Gasteiger charge is -2.23. The molecule has 1 aromatic carbocycles. The molecule has 0 saturated heterocycles. The Balaban J connectivity index is 2.30. The largest absolute Gasteiger partial charge is 0.776 e. The highest BCUT2D eigenvalue weighted by molar-refractivity contribution is 7.39. The SMILES string of the molecule is CC(C)COP([O-])Oc1ccccc1. The van der Waals surface area contributed by atoms with Gasteiger partial charge in [-0.15, -0.1) is 0 Å². The van der Waals surface area contributed by atoms with E-state index in [1.165, 1.54) is 0 Å². The minimum absolute atomic E-state index is 0.355. The van der Waals surface area contributed by atoms with Gasteiger partial charge in [-0.1, -0.05) is 32.0 Å². The molecule has 0 spiro atoms. The summed E-state index contributed by atoms with van der Waals surface area (Å²) in [6, 6.07) is 8.99. The second kappa shape index (κ2) is 5.97. The molecule has 1 unspecified atom stereocenters. The zero-order valence-electron chi connectivity index (χ0n) is 8.34. The fourth-order valence-corrected chi connectivity index (χ4v) is 1.57. The first kappa shape index (κ1) is 11.4. The van der Waals surface area contributed by atoms with E-state index >= 15 is 0 Å². The van der Waals surface area contributed by atoms with Crippen LogP contribution in [0.4, 0.5) is 0 Å². The van der Waals surface area contributed by atoms with Crippen LogP contribution in [-0.4, -0.2) is 6.61 Å². The smallest absolute Gasteiger partial charge is 0.147 e. The minimum Gasteiger partial charge on any atom is -0.776 e. The predicted octanol–water partition coefficient (Wildman–Crippen LogP) is 2.33. The van der Waals surface area contributed by atoms with E-state index in [0.717, 1.165) is 0 Å². The lowest BCUT2D eigenvalue weighted by Crippen LogP contribution is -2.08. The summed E-state index contributed by atoms with van der Waals surface area (Å²) in [5.74, 6) is 0.922. The van der Waals surface area contributed by atoms with Crippen molar-refractivity contribution in [2.45, 2.75) is 13.8 Å². The molecule has 4 heteroatoms. The zero-order valence-corrected chi connectivity index (χ0v) is 9.24. The molecule has 0 fully saturated rings. The standard InChI is InChI=1S/C10H14O3P/c1-9(2)8-12-14(11)13-10-6-4-3-5-7-10/h3-7,9H,8H2,1-2H3/q-1. The van der Waals surface area contributed by atoms with Crippen molar-refractivity contribution in [1.82, 2.24) is 0 Å². The average Bonchev–Trinajstić information content (AvgIpc) is 2.16. The van der Waals surface area contributed by atoms with Crippen molar-refractivity contribution in [2.75, 3.05) is 6.61 Å². The summed E-state index contributed by atoms with van der Waals surface area (Å²) in [6.07, 6.45) is 0. The van der Waals surface area contributed by atoms with Gasteiger partial charge < -0.3 is 13.9 Å². The molecule has 1 atom stereocenters. The molecular weight excluding hydrogens is 199 g/mol. The van der Waals surface area contributed by atoms with Crippen molar-refractivity contribution in [2.24, 2.45) is 5.92 Å². The summed E-state index contributed by atoms with van der Waals surface area (Å²) >= 11 is 0. The number of para-hydroxylation sites is 1. The van der Waals surface area contributed by atoms with E-state index in [9.17, 15) is 4.89 Å². The van der Waals surface area contributed by atoms with Crippen LogP contribution in [0.15, 0.2) is 30.3 Å². The van der Waals surface area contributed by atoms with E-state index < -0.39 is 8.60 Å². The fourth-order valence-electron chi connectivity index (χ4n) is 0.804. The van der Waals surface area contributed by atoms with Gasteiger partial charge in [-0.25, -0.2) is 0 Å². The van der Waals surface area contributed by atoms with Gasteiger partial charge >= 0.3 is 0 Å². The van der Waals surface area contributed by atoms with Gasteiger partial charge in [0.1, 0.15) is 14.4 Å². The lowest BCUT2D eigenvalue weighted by molar-refractivity contribution is -0.197. The first-order valence-electron chi connectivity index (χ1n) is 4.51. The second-order valence-electron chi connectivity index (χ2n) is 3.32.